The lowest BCUT2D eigenvalue weighted by atomic mass is 9.78. The topological polar surface area (TPSA) is 119 Å². The Balaban J connectivity index is 1.90. The minimum atomic E-state index is -1.72. The second-order valence-corrected chi connectivity index (χ2v) is 8.34. The van der Waals surface area contributed by atoms with Gasteiger partial charge in [0.05, 0.1) is 25.4 Å². The van der Waals surface area contributed by atoms with Crippen LogP contribution < -0.4 is 5.32 Å². The van der Waals surface area contributed by atoms with Crippen molar-refractivity contribution in [1.82, 2.24) is 5.32 Å². The lowest BCUT2D eigenvalue weighted by Gasteiger charge is -2.46. The Labute approximate surface area is 182 Å². The number of benzene rings is 2. The SMILES string of the molecule is CNC(=O)c1cccc(-c2ccc([C@@H](C)[C@H]3OC(CO)CC(O)(CO)C3O)c(C)c2)c1. The predicted molar refractivity (Wildman–Crippen MR) is 117 cm³/mol. The van der Waals surface area contributed by atoms with Crippen molar-refractivity contribution < 1.29 is 30.0 Å². The van der Waals surface area contributed by atoms with Gasteiger partial charge in [0.25, 0.3) is 5.91 Å². The summed E-state index contributed by atoms with van der Waals surface area (Å²) in [6.07, 6.45) is -2.79. The van der Waals surface area contributed by atoms with Crippen LogP contribution in [0.25, 0.3) is 11.1 Å². The minimum Gasteiger partial charge on any atom is -0.394 e. The smallest absolute Gasteiger partial charge is 0.251 e. The summed E-state index contributed by atoms with van der Waals surface area (Å²) in [6.45, 7) is 2.92. The van der Waals surface area contributed by atoms with E-state index in [1.54, 1.807) is 13.1 Å². The average Bonchev–Trinajstić information content (AvgIpc) is 2.79. The van der Waals surface area contributed by atoms with Crippen LogP contribution in [-0.2, 0) is 4.74 Å². The molecule has 1 amide bonds. The molecular weight excluding hydrogens is 398 g/mol. The Morgan fingerprint density at radius 2 is 1.94 bits per heavy atom. The van der Waals surface area contributed by atoms with E-state index in [-0.39, 0.29) is 24.9 Å². The Morgan fingerprint density at radius 3 is 2.55 bits per heavy atom. The third-order valence-corrected chi connectivity index (χ3v) is 6.21. The summed E-state index contributed by atoms with van der Waals surface area (Å²) < 4.78 is 5.87. The average molecular weight is 430 g/mol. The van der Waals surface area contributed by atoms with E-state index in [4.69, 9.17) is 4.74 Å². The highest BCUT2D eigenvalue weighted by Gasteiger charge is 2.49. The molecule has 5 atom stereocenters. The second kappa shape index (κ2) is 9.46. The Hall–Kier alpha value is -2.29. The summed E-state index contributed by atoms with van der Waals surface area (Å²) >= 11 is 0. The lowest BCUT2D eigenvalue weighted by molar-refractivity contribution is -0.236. The molecule has 3 unspecified atom stereocenters. The molecule has 1 saturated heterocycles. The third-order valence-electron chi connectivity index (χ3n) is 6.21. The zero-order chi connectivity index (χ0) is 22.8. The molecule has 7 heteroatoms. The Bertz CT molecular complexity index is 932. The van der Waals surface area contributed by atoms with Crippen molar-refractivity contribution in [3.63, 3.8) is 0 Å². The largest absolute Gasteiger partial charge is 0.394 e. The monoisotopic (exact) mass is 429 g/mol. The van der Waals surface area contributed by atoms with Gasteiger partial charge in [-0.25, -0.2) is 0 Å². The second-order valence-electron chi connectivity index (χ2n) is 8.34. The number of ether oxygens (including phenoxy) is 1. The van der Waals surface area contributed by atoms with E-state index < -0.39 is 30.5 Å². The van der Waals surface area contributed by atoms with Crippen molar-refractivity contribution in [2.45, 2.75) is 50.1 Å². The summed E-state index contributed by atoms with van der Waals surface area (Å²) in [5, 5.41) is 43.1. The maximum atomic E-state index is 11.9. The van der Waals surface area contributed by atoms with Gasteiger partial charge >= 0.3 is 0 Å². The number of aliphatic hydroxyl groups is 4. The highest BCUT2D eigenvalue weighted by molar-refractivity contribution is 5.95. The first-order chi connectivity index (χ1) is 14.7. The normalized spacial score (nSPS) is 27.0. The molecule has 1 aliphatic heterocycles. The van der Waals surface area contributed by atoms with Crippen molar-refractivity contribution in [3.8, 4) is 11.1 Å². The lowest BCUT2D eigenvalue weighted by Crippen LogP contribution is -2.61. The molecule has 31 heavy (non-hydrogen) atoms. The van der Waals surface area contributed by atoms with Crippen LogP contribution in [-0.4, -0.2) is 70.5 Å². The molecule has 0 bridgehead atoms. The summed E-state index contributed by atoms with van der Waals surface area (Å²) in [5.74, 6) is -0.448. The number of hydrogen-bond acceptors (Lipinski definition) is 6. The summed E-state index contributed by atoms with van der Waals surface area (Å²) in [6, 6.07) is 13.3. The van der Waals surface area contributed by atoms with Crippen LogP contribution in [0.15, 0.2) is 42.5 Å². The fourth-order valence-electron chi connectivity index (χ4n) is 4.35. The minimum absolute atomic E-state index is 0.0377. The van der Waals surface area contributed by atoms with Crippen LogP contribution in [0, 0.1) is 6.92 Å². The van der Waals surface area contributed by atoms with Crippen LogP contribution in [0.1, 0.15) is 40.7 Å². The van der Waals surface area contributed by atoms with Gasteiger partial charge in [0.1, 0.15) is 11.7 Å². The zero-order valence-corrected chi connectivity index (χ0v) is 18.1. The van der Waals surface area contributed by atoms with Gasteiger partial charge < -0.3 is 30.5 Å². The fourth-order valence-corrected chi connectivity index (χ4v) is 4.35. The van der Waals surface area contributed by atoms with Crippen LogP contribution >= 0.6 is 0 Å². The number of amides is 1. The Kier molecular flexibility index (Phi) is 7.13. The molecule has 1 fully saturated rings. The number of aliphatic hydroxyl groups excluding tert-OH is 3. The summed E-state index contributed by atoms with van der Waals surface area (Å²) in [5.41, 5.74) is 2.60. The number of hydrogen-bond donors (Lipinski definition) is 5. The maximum absolute atomic E-state index is 11.9. The van der Waals surface area contributed by atoms with E-state index in [1.165, 1.54) is 0 Å². The number of rotatable bonds is 6. The van der Waals surface area contributed by atoms with Crippen molar-refractivity contribution in [2.75, 3.05) is 20.3 Å². The molecule has 2 aromatic carbocycles. The molecule has 0 saturated carbocycles. The first-order valence-electron chi connectivity index (χ1n) is 10.4. The molecule has 0 aromatic heterocycles. The van der Waals surface area contributed by atoms with Crippen LogP contribution in [0.4, 0.5) is 0 Å². The van der Waals surface area contributed by atoms with E-state index in [9.17, 15) is 25.2 Å². The number of carbonyl (C=O) groups excluding carboxylic acids is 1. The zero-order valence-electron chi connectivity index (χ0n) is 18.1. The van der Waals surface area contributed by atoms with E-state index in [0.29, 0.717) is 5.56 Å². The predicted octanol–water partition coefficient (Wildman–Crippen LogP) is 1.36. The molecule has 5 N–H and O–H groups in total. The van der Waals surface area contributed by atoms with Gasteiger partial charge in [-0.1, -0.05) is 37.3 Å². The van der Waals surface area contributed by atoms with Gasteiger partial charge in [0.2, 0.25) is 0 Å². The molecule has 2 aromatic rings. The van der Waals surface area contributed by atoms with Gasteiger partial charge in [-0.3, -0.25) is 4.79 Å². The van der Waals surface area contributed by atoms with E-state index in [0.717, 1.165) is 22.3 Å². The molecule has 1 aliphatic rings. The van der Waals surface area contributed by atoms with Crippen LogP contribution in [0.2, 0.25) is 0 Å². The van der Waals surface area contributed by atoms with Crippen LogP contribution in [0.5, 0.6) is 0 Å². The maximum Gasteiger partial charge on any atom is 0.251 e. The van der Waals surface area contributed by atoms with Crippen LogP contribution in [0.3, 0.4) is 0 Å². The highest BCUT2D eigenvalue weighted by Crippen LogP contribution is 2.38. The molecule has 7 nitrogen and oxygen atoms in total. The molecule has 1 heterocycles. The van der Waals surface area contributed by atoms with E-state index in [1.807, 2.05) is 50.2 Å². The molecule has 0 spiro atoms. The van der Waals surface area contributed by atoms with Crippen molar-refractivity contribution in [2.24, 2.45) is 0 Å². The summed E-state index contributed by atoms with van der Waals surface area (Å²) in [4.78, 5) is 11.9. The molecular formula is C24H31NO6. The van der Waals surface area contributed by atoms with Gasteiger partial charge in [-0.2, -0.15) is 0 Å². The highest BCUT2D eigenvalue weighted by atomic mass is 16.5. The quantitative estimate of drug-likeness (QED) is 0.473. The fraction of sp³-hybridized carbons (Fsp3) is 0.458. The number of aryl methyl sites for hydroxylation is 1. The molecule has 0 radical (unpaired) electrons. The van der Waals surface area contributed by atoms with Gasteiger partial charge in [0.15, 0.2) is 0 Å². The van der Waals surface area contributed by atoms with E-state index in [2.05, 4.69) is 5.32 Å². The van der Waals surface area contributed by atoms with Crippen molar-refractivity contribution >= 4 is 5.91 Å². The molecule has 3 rings (SSSR count). The molecule has 168 valence electrons. The first kappa shape index (κ1) is 23.4. The van der Waals surface area contributed by atoms with Gasteiger partial charge in [-0.15, -0.1) is 0 Å². The third kappa shape index (κ3) is 4.66. The van der Waals surface area contributed by atoms with Crippen molar-refractivity contribution in [3.05, 3.63) is 59.2 Å². The van der Waals surface area contributed by atoms with Gasteiger partial charge in [0, 0.05) is 24.9 Å². The van der Waals surface area contributed by atoms with Crippen molar-refractivity contribution in [1.29, 1.82) is 0 Å². The standard InChI is InChI=1S/C24H31NO6/c1-14-9-17(16-5-4-6-18(10-16)23(29)25-3)7-8-20(14)15(2)21-22(28)24(30,13-27)11-19(12-26)31-21/h4-10,15,19,21-22,26-28,30H,11-13H2,1-3H3,(H,25,29)/t15-,19?,21-,22?,24?/m1/s1. The first-order valence-corrected chi connectivity index (χ1v) is 10.4. The molecule has 0 aliphatic carbocycles. The number of carbonyl (C=O) groups is 1. The Morgan fingerprint density at radius 1 is 1.23 bits per heavy atom. The summed E-state index contributed by atoms with van der Waals surface area (Å²) in [7, 11) is 1.59. The van der Waals surface area contributed by atoms with E-state index >= 15 is 0 Å². The van der Waals surface area contributed by atoms with Gasteiger partial charge in [-0.05, 0) is 41.3 Å². The number of nitrogens with one attached hydrogen (secondary N) is 1.